The molecule has 2 fully saturated rings. The number of likely N-dealkylation sites (tertiary alicyclic amines) is 1. The van der Waals surface area contributed by atoms with Crippen LogP contribution in [0.2, 0.25) is 0 Å². The largest absolute Gasteiger partial charge is 0.417 e. The van der Waals surface area contributed by atoms with E-state index < -0.39 is 17.3 Å². The number of fused-ring (bicyclic) bond motifs is 2. The molecular formula is C18H23F3N2O2. The van der Waals surface area contributed by atoms with Crippen LogP contribution in [0.15, 0.2) is 23.1 Å². The summed E-state index contributed by atoms with van der Waals surface area (Å²) in [6, 6.07) is 1.71. The molecule has 3 rings (SSSR count). The molecule has 0 unspecified atom stereocenters. The van der Waals surface area contributed by atoms with Gasteiger partial charge in [0.25, 0.3) is 5.56 Å². The van der Waals surface area contributed by atoms with Gasteiger partial charge in [-0.25, -0.2) is 0 Å². The Bertz CT molecular complexity index is 753. The average Bonchev–Trinajstić information content (AvgIpc) is 2.69. The maximum absolute atomic E-state index is 12.8. The van der Waals surface area contributed by atoms with E-state index in [4.69, 9.17) is 0 Å². The minimum Gasteiger partial charge on any atom is -0.338 e. The lowest BCUT2D eigenvalue weighted by Crippen LogP contribution is -2.40. The van der Waals surface area contributed by atoms with E-state index in [0.29, 0.717) is 6.54 Å². The predicted octanol–water partition coefficient (Wildman–Crippen LogP) is 3.29. The van der Waals surface area contributed by atoms with Crippen molar-refractivity contribution in [1.29, 1.82) is 0 Å². The van der Waals surface area contributed by atoms with E-state index in [0.717, 1.165) is 42.2 Å². The van der Waals surface area contributed by atoms with Gasteiger partial charge in [0.2, 0.25) is 5.91 Å². The van der Waals surface area contributed by atoms with Gasteiger partial charge in [-0.3, -0.25) is 9.59 Å². The first-order chi connectivity index (χ1) is 11.4. The summed E-state index contributed by atoms with van der Waals surface area (Å²) >= 11 is 0. The number of nitrogens with zero attached hydrogens (tertiary/aromatic N) is 2. The maximum Gasteiger partial charge on any atom is 0.417 e. The monoisotopic (exact) mass is 356 g/mol. The van der Waals surface area contributed by atoms with Crippen molar-refractivity contribution in [3.63, 3.8) is 0 Å². The van der Waals surface area contributed by atoms with Crippen molar-refractivity contribution in [2.24, 2.45) is 10.8 Å². The Balaban J connectivity index is 1.81. The zero-order valence-corrected chi connectivity index (χ0v) is 14.7. The Morgan fingerprint density at radius 3 is 2.56 bits per heavy atom. The van der Waals surface area contributed by atoms with Crippen LogP contribution in [-0.4, -0.2) is 28.0 Å². The van der Waals surface area contributed by atoms with Crippen LogP contribution in [-0.2, 0) is 17.5 Å². The number of hydrogen-bond acceptors (Lipinski definition) is 2. The van der Waals surface area contributed by atoms with Crippen LogP contribution in [0.5, 0.6) is 0 Å². The van der Waals surface area contributed by atoms with Gasteiger partial charge >= 0.3 is 6.18 Å². The van der Waals surface area contributed by atoms with Crippen molar-refractivity contribution in [3.8, 4) is 0 Å². The molecule has 1 saturated heterocycles. The van der Waals surface area contributed by atoms with Crippen molar-refractivity contribution in [3.05, 3.63) is 34.2 Å². The number of carbonyl (C=O) groups is 1. The van der Waals surface area contributed by atoms with Crippen molar-refractivity contribution in [2.75, 3.05) is 6.54 Å². The number of amides is 1. The highest BCUT2D eigenvalue weighted by Gasteiger charge is 2.50. The molecule has 7 heteroatoms. The van der Waals surface area contributed by atoms with E-state index in [1.165, 1.54) is 0 Å². The van der Waals surface area contributed by atoms with Gasteiger partial charge < -0.3 is 9.47 Å². The molecule has 2 heterocycles. The van der Waals surface area contributed by atoms with Gasteiger partial charge in [0.1, 0.15) is 6.54 Å². The lowest BCUT2D eigenvalue weighted by molar-refractivity contribution is -0.139. The quantitative estimate of drug-likeness (QED) is 0.816. The van der Waals surface area contributed by atoms with Gasteiger partial charge in [-0.15, -0.1) is 0 Å². The van der Waals surface area contributed by atoms with Crippen LogP contribution in [0.1, 0.15) is 45.6 Å². The highest BCUT2D eigenvalue weighted by atomic mass is 19.4. The van der Waals surface area contributed by atoms with E-state index in [-0.39, 0.29) is 29.3 Å². The molecule has 0 aromatic carbocycles. The number of hydrogen-bond donors (Lipinski definition) is 0. The standard InChI is InChI=1S/C18H23F3N2O2/c1-16(2)6-13-7-17(3,10-16)11-23(13)15(25)9-22-8-12(18(19,20)21)4-5-14(22)24/h4-5,8,13H,6-7,9-11H2,1-3H3/t13-,17+/m0/s1. The second-order valence-electron chi connectivity index (χ2n) is 8.62. The van der Waals surface area contributed by atoms with Crippen LogP contribution < -0.4 is 5.56 Å². The Hall–Kier alpha value is -1.79. The van der Waals surface area contributed by atoms with Gasteiger partial charge in [-0.2, -0.15) is 13.2 Å². The number of aromatic nitrogens is 1. The van der Waals surface area contributed by atoms with Crippen LogP contribution in [0.4, 0.5) is 13.2 Å². The smallest absolute Gasteiger partial charge is 0.338 e. The first-order valence-electron chi connectivity index (χ1n) is 8.46. The minimum atomic E-state index is -4.54. The van der Waals surface area contributed by atoms with Crippen LogP contribution >= 0.6 is 0 Å². The summed E-state index contributed by atoms with van der Waals surface area (Å²) in [5, 5.41) is 0. The molecular weight excluding hydrogens is 333 g/mol. The van der Waals surface area contributed by atoms with E-state index in [9.17, 15) is 22.8 Å². The molecule has 1 aromatic heterocycles. The van der Waals surface area contributed by atoms with Gasteiger partial charge in [0, 0.05) is 24.8 Å². The summed E-state index contributed by atoms with van der Waals surface area (Å²) in [5.41, 5.74) is -1.34. The van der Waals surface area contributed by atoms with E-state index in [2.05, 4.69) is 20.8 Å². The van der Waals surface area contributed by atoms with E-state index in [1.807, 2.05) is 0 Å². The molecule has 1 aliphatic carbocycles. The SMILES string of the molecule is CC1(C)C[C@H]2C[C@@](C)(CN2C(=O)Cn2cc(C(F)(F)F)ccc2=O)C1. The predicted molar refractivity (Wildman–Crippen MR) is 86.9 cm³/mol. The van der Waals surface area contributed by atoms with Crippen molar-refractivity contribution < 1.29 is 18.0 Å². The maximum atomic E-state index is 12.8. The molecule has 1 aliphatic heterocycles. The third-order valence-electron chi connectivity index (χ3n) is 5.35. The Morgan fingerprint density at radius 2 is 1.92 bits per heavy atom. The molecule has 25 heavy (non-hydrogen) atoms. The zero-order chi connectivity index (χ0) is 18.6. The lowest BCUT2D eigenvalue weighted by Gasteiger charge is -2.39. The molecule has 0 N–H and O–H groups in total. The summed E-state index contributed by atoms with van der Waals surface area (Å²) in [5.74, 6) is -0.284. The summed E-state index contributed by atoms with van der Waals surface area (Å²) in [4.78, 5) is 26.3. The third kappa shape index (κ3) is 3.60. The number of carbonyl (C=O) groups excluding carboxylic acids is 1. The normalized spacial score (nSPS) is 28.2. The fraction of sp³-hybridized carbons (Fsp3) is 0.667. The van der Waals surface area contributed by atoms with Crippen molar-refractivity contribution >= 4 is 5.91 Å². The second-order valence-corrected chi connectivity index (χ2v) is 8.62. The Morgan fingerprint density at radius 1 is 1.24 bits per heavy atom. The van der Waals surface area contributed by atoms with Gasteiger partial charge in [0.15, 0.2) is 0 Å². The molecule has 4 nitrogen and oxygen atoms in total. The van der Waals surface area contributed by atoms with Gasteiger partial charge in [-0.05, 0) is 36.2 Å². The van der Waals surface area contributed by atoms with Crippen molar-refractivity contribution in [2.45, 2.75) is 58.8 Å². The fourth-order valence-electron chi connectivity index (χ4n) is 4.81. The summed E-state index contributed by atoms with van der Waals surface area (Å²) in [6.07, 6.45) is -0.996. The van der Waals surface area contributed by atoms with Gasteiger partial charge in [0.05, 0.1) is 5.56 Å². The first kappa shape index (κ1) is 18.0. The van der Waals surface area contributed by atoms with Crippen LogP contribution in [0.25, 0.3) is 0 Å². The molecule has 2 atom stereocenters. The third-order valence-corrected chi connectivity index (χ3v) is 5.35. The summed E-state index contributed by atoms with van der Waals surface area (Å²) < 4.78 is 39.4. The van der Waals surface area contributed by atoms with Crippen molar-refractivity contribution in [1.82, 2.24) is 9.47 Å². The summed E-state index contributed by atoms with van der Waals surface area (Å²) in [7, 11) is 0. The number of alkyl halides is 3. The highest BCUT2D eigenvalue weighted by molar-refractivity contribution is 5.77. The second kappa shape index (κ2) is 5.61. The molecule has 138 valence electrons. The Labute approximate surface area is 144 Å². The van der Waals surface area contributed by atoms with Crippen LogP contribution in [0.3, 0.4) is 0 Å². The number of pyridine rings is 1. The molecule has 1 amide bonds. The van der Waals surface area contributed by atoms with Crippen LogP contribution in [0, 0.1) is 10.8 Å². The van der Waals surface area contributed by atoms with E-state index >= 15 is 0 Å². The summed E-state index contributed by atoms with van der Waals surface area (Å²) in [6.45, 7) is 6.78. The fourth-order valence-corrected chi connectivity index (χ4v) is 4.81. The van der Waals surface area contributed by atoms with Gasteiger partial charge in [-0.1, -0.05) is 20.8 Å². The molecule has 1 aromatic rings. The molecule has 2 bridgehead atoms. The first-order valence-corrected chi connectivity index (χ1v) is 8.46. The molecule has 0 radical (unpaired) electrons. The molecule has 2 aliphatic rings. The zero-order valence-electron chi connectivity index (χ0n) is 14.7. The number of rotatable bonds is 2. The lowest BCUT2D eigenvalue weighted by atomic mass is 9.65. The highest BCUT2D eigenvalue weighted by Crippen LogP contribution is 2.52. The Kier molecular flexibility index (Phi) is 4.04. The topological polar surface area (TPSA) is 42.3 Å². The number of halogens is 3. The minimum absolute atomic E-state index is 0.0425. The average molecular weight is 356 g/mol. The van der Waals surface area contributed by atoms with E-state index in [1.54, 1.807) is 4.90 Å². The molecule has 0 spiro atoms. The molecule has 1 saturated carbocycles.